The fourth-order valence-electron chi connectivity index (χ4n) is 1.30. The van der Waals surface area contributed by atoms with E-state index in [0.717, 1.165) is 0 Å². The van der Waals surface area contributed by atoms with E-state index in [2.05, 4.69) is 15.9 Å². The highest BCUT2D eigenvalue weighted by Gasteiger charge is 2.16. The lowest BCUT2D eigenvalue weighted by Gasteiger charge is -2.08. The molecule has 4 heteroatoms. The Balaban J connectivity index is 3.20. The van der Waals surface area contributed by atoms with Gasteiger partial charge in [0.25, 0.3) is 0 Å². The number of esters is 1. The molecular formula is C11H12BrFO2. The van der Waals surface area contributed by atoms with Crippen molar-refractivity contribution in [3.63, 3.8) is 0 Å². The topological polar surface area (TPSA) is 26.3 Å². The van der Waals surface area contributed by atoms with Crippen LogP contribution < -0.4 is 0 Å². The fraction of sp³-hybridized carbons (Fsp3) is 0.364. The van der Waals surface area contributed by atoms with E-state index in [1.54, 1.807) is 19.9 Å². The van der Waals surface area contributed by atoms with Crippen LogP contribution in [0, 0.1) is 12.7 Å². The minimum atomic E-state index is -0.477. The van der Waals surface area contributed by atoms with Crippen molar-refractivity contribution < 1.29 is 13.9 Å². The van der Waals surface area contributed by atoms with Gasteiger partial charge in [0.05, 0.1) is 12.2 Å². The first-order valence-corrected chi connectivity index (χ1v) is 5.74. The minimum Gasteiger partial charge on any atom is -0.462 e. The van der Waals surface area contributed by atoms with Crippen LogP contribution in [0.3, 0.4) is 0 Å². The molecule has 0 fully saturated rings. The summed E-state index contributed by atoms with van der Waals surface area (Å²) in [6.07, 6.45) is 0. The van der Waals surface area contributed by atoms with Crippen LogP contribution in [0.2, 0.25) is 0 Å². The number of halogens is 2. The van der Waals surface area contributed by atoms with Gasteiger partial charge in [-0.3, -0.25) is 0 Å². The number of ether oxygens (including phenoxy) is 1. The van der Waals surface area contributed by atoms with E-state index in [1.807, 2.05) is 0 Å². The van der Waals surface area contributed by atoms with Crippen LogP contribution in [0.5, 0.6) is 0 Å². The van der Waals surface area contributed by atoms with Crippen LogP contribution in [-0.4, -0.2) is 12.6 Å². The Bertz CT molecular complexity index is 377. The highest BCUT2D eigenvalue weighted by molar-refractivity contribution is 9.08. The van der Waals surface area contributed by atoms with Crippen molar-refractivity contribution >= 4 is 21.9 Å². The summed E-state index contributed by atoms with van der Waals surface area (Å²) in [7, 11) is 0. The van der Waals surface area contributed by atoms with Gasteiger partial charge in [-0.05, 0) is 31.5 Å². The summed E-state index contributed by atoms with van der Waals surface area (Å²) >= 11 is 3.16. The predicted octanol–water partition coefficient (Wildman–Crippen LogP) is 3.21. The molecule has 0 aliphatic rings. The third-order valence-electron chi connectivity index (χ3n) is 1.97. The van der Waals surface area contributed by atoms with Crippen LogP contribution in [0.15, 0.2) is 12.1 Å². The van der Waals surface area contributed by atoms with Gasteiger partial charge < -0.3 is 4.74 Å². The average molecular weight is 275 g/mol. The molecule has 1 aromatic carbocycles. The van der Waals surface area contributed by atoms with Gasteiger partial charge in [-0.15, -0.1) is 0 Å². The first-order valence-electron chi connectivity index (χ1n) is 4.62. The van der Waals surface area contributed by atoms with Gasteiger partial charge >= 0.3 is 5.97 Å². The number of aryl methyl sites for hydroxylation is 1. The predicted molar refractivity (Wildman–Crippen MR) is 59.7 cm³/mol. The number of hydrogen-bond acceptors (Lipinski definition) is 2. The van der Waals surface area contributed by atoms with Gasteiger partial charge in [0.15, 0.2) is 0 Å². The smallest absolute Gasteiger partial charge is 0.338 e. The summed E-state index contributed by atoms with van der Waals surface area (Å²) in [6, 6.07) is 3.04. The number of hydrogen-bond donors (Lipinski definition) is 0. The summed E-state index contributed by atoms with van der Waals surface area (Å²) in [5.41, 5.74) is 1.35. The lowest BCUT2D eigenvalue weighted by molar-refractivity contribution is 0.0524. The highest BCUT2D eigenvalue weighted by atomic mass is 79.9. The summed E-state index contributed by atoms with van der Waals surface area (Å²) in [6.45, 7) is 3.75. The second kappa shape index (κ2) is 5.26. The minimum absolute atomic E-state index is 0.288. The molecule has 15 heavy (non-hydrogen) atoms. The third-order valence-corrected chi connectivity index (χ3v) is 2.53. The van der Waals surface area contributed by atoms with Crippen molar-refractivity contribution in [2.24, 2.45) is 0 Å². The summed E-state index contributed by atoms with van der Waals surface area (Å²) in [5.74, 6) is -0.857. The Morgan fingerprint density at radius 1 is 1.53 bits per heavy atom. The van der Waals surface area contributed by atoms with Crippen LogP contribution in [0.1, 0.15) is 28.4 Å². The van der Waals surface area contributed by atoms with Crippen LogP contribution in [-0.2, 0) is 10.1 Å². The Kier molecular flexibility index (Phi) is 4.27. The van der Waals surface area contributed by atoms with E-state index >= 15 is 0 Å². The summed E-state index contributed by atoms with van der Waals surface area (Å²) in [4.78, 5) is 11.5. The molecule has 0 heterocycles. The second-order valence-electron chi connectivity index (χ2n) is 3.13. The Hall–Kier alpha value is -0.900. The second-order valence-corrected chi connectivity index (χ2v) is 3.69. The molecule has 0 unspecified atom stereocenters. The molecule has 0 saturated carbocycles. The van der Waals surface area contributed by atoms with Crippen LogP contribution in [0.4, 0.5) is 4.39 Å². The van der Waals surface area contributed by atoms with Gasteiger partial charge in [-0.1, -0.05) is 15.9 Å². The van der Waals surface area contributed by atoms with E-state index in [4.69, 9.17) is 4.74 Å². The van der Waals surface area contributed by atoms with Crippen molar-refractivity contribution in [1.29, 1.82) is 0 Å². The molecule has 0 aliphatic heterocycles. The summed E-state index contributed by atoms with van der Waals surface area (Å²) in [5, 5.41) is 0.299. The SMILES string of the molecule is CCOC(=O)c1cc(C)cc(F)c1CBr. The van der Waals surface area contributed by atoms with Crippen molar-refractivity contribution in [2.75, 3.05) is 6.61 Å². The van der Waals surface area contributed by atoms with E-state index in [-0.39, 0.29) is 12.4 Å². The zero-order valence-electron chi connectivity index (χ0n) is 8.64. The van der Waals surface area contributed by atoms with Gasteiger partial charge in [0.2, 0.25) is 0 Å². The van der Waals surface area contributed by atoms with Crippen LogP contribution in [0.25, 0.3) is 0 Å². The highest BCUT2D eigenvalue weighted by Crippen LogP contribution is 2.20. The van der Waals surface area contributed by atoms with E-state index in [0.29, 0.717) is 22.0 Å². The lowest BCUT2D eigenvalue weighted by Crippen LogP contribution is -2.09. The van der Waals surface area contributed by atoms with Crippen LogP contribution >= 0.6 is 15.9 Å². The standard InChI is InChI=1S/C11H12BrFO2/c1-3-15-11(14)8-4-7(2)5-10(13)9(8)6-12/h4-5H,3,6H2,1-2H3. The molecule has 0 spiro atoms. The zero-order chi connectivity index (χ0) is 11.4. The normalized spacial score (nSPS) is 10.1. The Morgan fingerprint density at radius 2 is 2.20 bits per heavy atom. The van der Waals surface area contributed by atoms with Gasteiger partial charge in [-0.25, -0.2) is 9.18 Å². The van der Waals surface area contributed by atoms with Crippen molar-refractivity contribution in [3.8, 4) is 0 Å². The van der Waals surface area contributed by atoms with E-state index < -0.39 is 5.97 Å². The number of alkyl halides is 1. The Labute approximate surface area is 96.6 Å². The zero-order valence-corrected chi connectivity index (χ0v) is 10.2. The molecule has 0 amide bonds. The molecule has 0 saturated heterocycles. The summed E-state index contributed by atoms with van der Waals surface area (Å²) < 4.78 is 18.3. The van der Waals surface area contributed by atoms with E-state index in [1.165, 1.54) is 6.07 Å². The van der Waals surface area contributed by atoms with E-state index in [9.17, 15) is 9.18 Å². The van der Waals surface area contributed by atoms with Gasteiger partial charge in [0.1, 0.15) is 5.82 Å². The van der Waals surface area contributed by atoms with Crippen molar-refractivity contribution in [1.82, 2.24) is 0 Å². The molecule has 0 aromatic heterocycles. The number of rotatable bonds is 3. The maximum atomic E-state index is 13.5. The fourth-order valence-corrected chi connectivity index (χ4v) is 1.87. The maximum Gasteiger partial charge on any atom is 0.338 e. The first kappa shape index (κ1) is 12.2. The largest absolute Gasteiger partial charge is 0.462 e. The number of carbonyl (C=O) groups excluding carboxylic acids is 1. The third kappa shape index (κ3) is 2.78. The quantitative estimate of drug-likeness (QED) is 0.625. The molecule has 2 nitrogen and oxygen atoms in total. The Morgan fingerprint density at radius 3 is 2.73 bits per heavy atom. The molecule has 0 N–H and O–H groups in total. The van der Waals surface area contributed by atoms with Gasteiger partial charge in [-0.2, -0.15) is 0 Å². The lowest BCUT2D eigenvalue weighted by atomic mass is 10.1. The molecule has 0 atom stereocenters. The maximum absolute atomic E-state index is 13.5. The molecule has 0 radical (unpaired) electrons. The number of benzene rings is 1. The molecule has 82 valence electrons. The number of carbonyl (C=O) groups is 1. The molecule has 1 aromatic rings. The average Bonchev–Trinajstić information content (AvgIpc) is 2.17. The molecule has 0 aliphatic carbocycles. The van der Waals surface area contributed by atoms with Crippen molar-refractivity contribution in [2.45, 2.75) is 19.2 Å². The molecule has 0 bridgehead atoms. The molecular weight excluding hydrogens is 263 g/mol. The van der Waals surface area contributed by atoms with Gasteiger partial charge in [0, 0.05) is 10.9 Å². The monoisotopic (exact) mass is 274 g/mol. The first-order chi connectivity index (χ1) is 7.10. The molecule has 1 rings (SSSR count). The van der Waals surface area contributed by atoms with Crippen molar-refractivity contribution in [3.05, 3.63) is 34.6 Å².